The van der Waals surface area contributed by atoms with Crippen molar-refractivity contribution >= 4 is 0 Å². The first-order chi connectivity index (χ1) is 9.60. The van der Waals surface area contributed by atoms with Gasteiger partial charge in [0.1, 0.15) is 12.4 Å². The summed E-state index contributed by atoms with van der Waals surface area (Å²) in [6, 6.07) is 6.80. The van der Waals surface area contributed by atoms with Crippen LogP contribution in [0.5, 0.6) is 5.75 Å². The van der Waals surface area contributed by atoms with Gasteiger partial charge in [-0.3, -0.25) is 4.90 Å². The fraction of sp³-hybridized carbons (Fsp3) is 0.625. The smallest absolute Gasteiger partial charge is 0.122 e. The molecular formula is C16H27N3O. The zero-order chi connectivity index (χ0) is 14.5. The topological polar surface area (TPSA) is 41.7 Å². The molecule has 2 rings (SSSR count). The van der Waals surface area contributed by atoms with Crippen LogP contribution < -0.4 is 10.5 Å². The quantitative estimate of drug-likeness (QED) is 0.880. The molecule has 1 saturated heterocycles. The highest BCUT2D eigenvalue weighted by atomic mass is 16.5. The summed E-state index contributed by atoms with van der Waals surface area (Å²) >= 11 is 0. The highest BCUT2D eigenvalue weighted by Crippen LogP contribution is 2.19. The van der Waals surface area contributed by atoms with Gasteiger partial charge in [-0.25, -0.2) is 0 Å². The van der Waals surface area contributed by atoms with Crippen LogP contribution in [0.3, 0.4) is 0 Å². The second-order valence-electron chi connectivity index (χ2n) is 5.81. The predicted molar refractivity (Wildman–Crippen MR) is 83.3 cm³/mol. The molecule has 0 aromatic heterocycles. The van der Waals surface area contributed by atoms with Crippen LogP contribution in [0.1, 0.15) is 11.1 Å². The molecule has 2 N–H and O–H groups in total. The molecule has 0 aliphatic carbocycles. The Bertz CT molecular complexity index is 436. The lowest BCUT2D eigenvalue weighted by molar-refractivity contribution is 0.0806. The lowest BCUT2D eigenvalue weighted by Crippen LogP contribution is -2.55. The molecule has 4 nitrogen and oxygen atoms in total. The highest BCUT2D eigenvalue weighted by Gasteiger charge is 2.23. The van der Waals surface area contributed by atoms with Gasteiger partial charge in [0.25, 0.3) is 0 Å². The van der Waals surface area contributed by atoms with Crippen LogP contribution in [-0.2, 0) is 0 Å². The molecular weight excluding hydrogens is 250 g/mol. The van der Waals surface area contributed by atoms with Crippen molar-refractivity contribution in [1.82, 2.24) is 9.80 Å². The van der Waals surface area contributed by atoms with E-state index in [1.54, 1.807) is 0 Å². The first-order valence-corrected chi connectivity index (χ1v) is 7.43. The van der Waals surface area contributed by atoms with E-state index in [-0.39, 0.29) is 0 Å². The van der Waals surface area contributed by atoms with Gasteiger partial charge in [0.05, 0.1) is 0 Å². The van der Waals surface area contributed by atoms with Crippen molar-refractivity contribution in [3.63, 3.8) is 0 Å². The summed E-state index contributed by atoms with van der Waals surface area (Å²) in [5.74, 6) is 1.00. The minimum atomic E-state index is 0.455. The minimum absolute atomic E-state index is 0.455. The Labute approximate surface area is 122 Å². The molecule has 1 aromatic carbocycles. The Balaban J connectivity index is 1.84. The summed E-state index contributed by atoms with van der Waals surface area (Å²) in [4.78, 5) is 4.80. The number of hydrogen-bond acceptors (Lipinski definition) is 4. The molecule has 0 radical (unpaired) electrons. The van der Waals surface area contributed by atoms with Crippen LogP contribution in [0.25, 0.3) is 0 Å². The Morgan fingerprint density at radius 2 is 2.10 bits per heavy atom. The summed E-state index contributed by atoms with van der Waals surface area (Å²) in [6.07, 6.45) is 0. The van der Waals surface area contributed by atoms with Crippen LogP contribution in [0.4, 0.5) is 0 Å². The van der Waals surface area contributed by atoms with Crippen LogP contribution in [-0.4, -0.2) is 62.2 Å². The lowest BCUT2D eigenvalue weighted by Gasteiger charge is -2.39. The third-order valence-electron chi connectivity index (χ3n) is 4.06. The summed E-state index contributed by atoms with van der Waals surface area (Å²) < 4.78 is 5.94. The maximum absolute atomic E-state index is 5.94. The number of aryl methyl sites for hydroxylation is 2. The number of benzene rings is 1. The van der Waals surface area contributed by atoms with E-state index < -0.39 is 0 Å². The Kier molecular flexibility index (Phi) is 5.40. The monoisotopic (exact) mass is 277 g/mol. The number of likely N-dealkylation sites (N-methyl/N-ethyl adjacent to an activating group) is 1. The predicted octanol–water partition coefficient (Wildman–Crippen LogP) is 1.26. The van der Waals surface area contributed by atoms with Crippen LogP contribution in [0.2, 0.25) is 0 Å². The third-order valence-corrected chi connectivity index (χ3v) is 4.06. The number of ether oxygens (including phenoxy) is 1. The molecule has 1 fully saturated rings. The molecule has 1 heterocycles. The largest absolute Gasteiger partial charge is 0.492 e. The van der Waals surface area contributed by atoms with Crippen molar-refractivity contribution in [1.29, 1.82) is 0 Å². The van der Waals surface area contributed by atoms with Gasteiger partial charge in [0.15, 0.2) is 0 Å². The van der Waals surface area contributed by atoms with Gasteiger partial charge in [-0.15, -0.1) is 0 Å². The van der Waals surface area contributed by atoms with E-state index in [2.05, 4.69) is 48.9 Å². The Morgan fingerprint density at radius 3 is 2.85 bits per heavy atom. The summed E-state index contributed by atoms with van der Waals surface area (Å²) in [5.41, 5.74) is 8.31. The average molecular weight is 277 g/mol. The number of rotatable bonds is 5. The lowest BCUT2D eigenvalue weighted by atomic mass is 10.1. The molecule has 1 unspecified atom stereocenters. The molecule has 0 saturated carbocycles. The normalized spacial score (nSPS) is 21.1. The maximum atomic E-state index is 5.94. The van der Waals surface area contributed by atoms with E-state index in [1.807, 2.05) is 0 Å². The van der Waals surface area contributed by atoms with Crippen molar-refractivity contribution < 1.29 is 4.74 Å². The standard InChI is InChI=1S/C16H27N3O/c1-13-4-5-14(2)16(10-13)20-9-8-19-7-6-18(3)12-15(19)11-17/h4-5,10,15H,6-9,11-12,17H2,1-3H3. The molecule has 0 bridgehead atoms. The van der Waals surface area contributed by atoms with Gasteiger partial charge >= 0.3 is 0 Å². The highest BCUT2D eigenvalue weighted by molar-refractivity contribution is 5.35. The van der Waals surface area contributed by atoms with Gasteiger partial charge in [-0.2, -0.15) is 0 Å². The number of piperazine rings is 1. The molecule has 1 atom stereocenters. The zero-order valence-electron chi connectivity index (χ0n) is 12.9. The van der Waals surface area contributed by atoms with E-state index in [4.69, 9.17) is 10.5 Å². The molecule has 20 heavy (non-hydrogen) atoms. The molecule has 1 aliphatic heterocycles. The SMILES string of the molecule is Cc1ccc(C)c(OCCN2CCN(C)CC2CN)c1. The van der Waals surface area contributed by atoms with Crippen molar-refractivity contribution in [2.75, 3.05) is 46.4 Å². The van der Waals surface area contributed by atoms with Gasteiger partial charge in [0.2, 0.25) is 0 Å². The maximum Gasteiger partial charge on any atom is 0.122 e. The van der Waals surface area contributed by atoms with Crippen LogP contribution in [0.15, 0.2) is 18.2 Å². The second kappa shape index (κ2) is 7.07. The van der Waals surface area contributed by atoms with Gasteiger partial charge in [-0.1, -0.05) is 12.1 Å². The molecule has 0 spiro atoms. The third kappa shape index (κ3) is 3.95. The number of hydrogen-bond donors (Lipinski definition) is 1. The summed E-state index contributed by atoms with van der Waals surface area (Å²) in [5, 5.41) is 0. The summed E-state index contributed by atoms with van der Waals surface area (Å²) in [7, 11) is 2.16. The Morgan fingerprint density at radius 1 is 1.30 bits per heavy atom. The van der Waals surface area contributed by atoms with Gasteiger partial charge in [0, 0.05) is 38.8 Å². The second-order valence-corrected chi connectivity index (χ2v) is 5.81. The van der Waals surface area contributed by atoms with E-state index in [0.717, 1.165) is 38.5 Å². The molecule has 1 aromatic rings. The van der Waals surface area contributed by atoms with Crippen molar-refractivity contribution in [2.45, 2.75) is 19.9 Å². The Hall–Kier alpha value is -1.10. The van der Waals surface area contributed by atoms with Crippen LogP contribution in [0, 0.1) is 13.8 Å². The van der Waals surface area contributed by atoms with Gasteiger partial charge in [-0.05, 0) is 38.1 Å². The van der Waals surface area contributed by atoms with Crippen molar-refractivity contribution in [3.05, 3.63) is 29.3 Å². The molecule has 0 amide bonds. The number of nitrogens with two attached hydrogens (primary N) is 1. The molecule has 1 aliphatic rings. The molecule has 4 heteroatoms. The van der Waals surface area contributed by atoms with Gasteiger partial charge < -0.3 is 15.4 Å². The fourth-order valence-corrected chi connectivity index (χ4v) is 2.70. The van der Waals surface area contributed by atoms with E-state index in [1.165, 1.54) is 11.1 Å². The summed E-state index contributed by atoms with van der Waals surface area (Å²) in [6.45, 7) is 9.82. The minimum Gasteiger partial charge on any atom is -0.492 e. The van der Waals surface area contributed by atoms with E-state index >= 15 is 0 Å². The van der Waals surface area contributed by atoms with E-state index in [0.29, 0.717) is 12.6 Å². The zero-order valence-corrected chi connectivity index (χ0v) is 12.9. The van der Waals surface area contributed by atoms with Crippen molar-refractivity contribution in [2.24, 2.45) is 5.73 Å². The first-order valence-electron chi connectivity index (χ1n) is 7.43. The van der Waals surface area contributed by atoms with E-state index in [9.17, 15) is 0 Å². The average Bonchev–Trinajstić information content (AvgIpc) is 2.44. The number of nitrogens with zero attached hydrogens (tertiary/aromatic N) is 2. The van der Waals surface area contributed by atoms with Crippen LogP contribution >= 0.6 is 0 Å². The van der Waals surface area contributed by atoms with Crippen molar-refractivity contribution in [3.8, 4) is 5.75 Å². The first kappa shape index (κ1) is 15.3. The fourth-order valence-electron chi connectivity index (χ4n) is 2.70. The molecule has 112 valence electrons.